The molecule has 168 valence electrons. The highest BCUT2D eigenvalue weighted by atomic mass is 79.9. The van der Waals surface area contributed by atoms with Gasteiger partial charge in [0.05, 0.1) is 19.8 Å². The molecule has 0 aromatic heterocycles. The van der Waals surface area contributed by atoms with Crippen LogP contribution in [0.3, 0.4) is 0 Å². The monoisotopic (exact) mass is 508 g/mol. The van der Waals surface area contributed by atoms with E-state index in [1.54, 1.807) is 81.8 Å². The number of benzene rings is 3. The number of ketones is 2. The molecule has 0 bridgehead atoms. The third kappa shape index (κ3) is 4.64. The molecule has 0 fully saturated rings. The molecule has 3 aromatic carbocycles. The number of carbonyl (C=O) groups excluding carboxylic acids is 2. The lowest BCUT2D eigenvalue weighted by Crippen LogP contribution is -2.12. The number of rotatable bonds is 7. The van der Waals surface area contributed by atoms with Gasteiger partial charge in [0, 0.05) is 27.2 Å². The van der Waals surface area contributed by atoms with Gasteiger partial charge in [-0.2, -0.15) is 0 Å². The molecule has 0 N–H and O–H groups in total. The Labute approximate surface area is 199 Å². The number of carbonyl (C=O) groups is 2. The van der Waals surface area contributed by atoms with E-state index in [0.29, 0.717) is 45.3 Å². The predicted octanol–water partition coefficient (Wildman–Crippen LogP) is 5.65. The number of allylic oxidation sites excluding steroid dienone is 1. The van der Waals surface area contributed by atoms with E-state index in [1.165, 1.54) is 0 Å². The van der Waals surface area contributed by atoms with Crippen molar-refractivity contribution in [3.63, 3.8) is 0 Å². The Balaban J connectivity index is 1.54. The second-order valence-electron chi connectivity index (χ2n) is 7.33. The van der Waals surface area contributed by atoms with Gasteiger partial charge in [-0.05, 0) is 49.4 Å². The van der Waals surface area contributed by atoms with Crippen LogP contribution < -0.4 is 18.9 Å². The average molecular weight is 509 g/mol. The number of halogens is 1. The maximum Gasteiger partial charge on any atom is 0.231 e. The number of methoxy groups -OCH3 is 2. The van der Waals surface area contributed by atoms with E-state index < -0.39 is 0 Å². The molecule has 7 heteroatoms. The molecular weight excluding hydrogens is 488 g/mol. The molecule has 0 atom stereocenters. The van der Waals surface area contributed by atoms with Gasteiger partial charge in [-0.1, -0.05) is 28.1 Å². The van der Waals surface area contributed by atoms with Gasteiger partial charge in [-0.15, -0.1) is 0 Å². The fraction of sp³-hybridized carbons (Fsp3) is 0.154. The maximum absolute atomic E-state index is 12.9. The minimum absolute atomic E-state index is 0.124. The molecule has 1 heterocycles. The Hall–Kier alpha value is -3.58. The van der Waals surface area contributed by atoms with Crippen molar-refractivity contribution in [3.8, 4) is 23.0 Å². The Morgan fingerprint density at radius 2 is 1.76 bits per heavy atom. The Morgan fingerprint density at radius 3 is 2.45 bits per heavy atom. The van der Waals surface area contributed by atoms with E-state index in [0.717, 1.165) is 4.47 Å². The normalized spacial score (nSPS) is 13.5. The zero-order valence-corrected chi connectivity index (χ0v) is 19.9. The van der Waals surface area contributed by atoms with Gasteiger partial charge in [-0.3, -0.25) is 9.59 Å². The van der Waals surface area contributed by atoms with E-state index in [2.05, 4.69) is 15.9 Å². The SMILES string of the molecule is COc1ccc(/C=C2\Oc3c(ccc(OCC(=O)c4ccc(Br)cc4)c3C)C2=O)c(OC)c1. The number of Topliss-reactive ketones (excluding diaryl/α,β-unsaturated/α-hetero) is 2. The molecule has 0 aliphatic carbocycles. The number of ether oxygens (including phenoxy) is 4. The zero-order chi connectivity index (χ0) is 23.5. The van der Waals surface area contributed by atoms with E-state index >= 15 is 0 Å². The second kappa shape index (κ2) is 9.50. The summed E-state index contributed by atoms with van der Waals surface area (Å²) in [5.74, 6) is 1.91. The highest BCUT2D eigenvalue weighted by molar-refractivity contribution is 9.10. The van der Waals surface area contributed by atoms with Crippen LogP contribution in [-0.2, 0) is 0 Å². The van der Waals surface area contributed by atoms with E-state index in [4.69, 9.17) is 18.9 Å². The van der Waals surface area contributed by atoms with Crippen LogP contribution in [0.2, 0.25) is 0 Å². The summed E-state index contributed by atoms with van der Waals surface area (Å²) < 4.78 is 23.2. The molecule has 1 aliphatic rings. The lowest BCUT2D eigenvalue weighted by Gasteiger charge is -2.11. The van der Waals surface area contributed by atoms with Crippen LogP contribution in [0.15, 0.2) is 64.8 Å². The first-order chi connectivity index (χ1) is 15.9. The summed E-state index contributed by atoms with van der Waals surface area (Å²) in [5, 5.41) is 0. The van der Waals surface area contributed by atoms with E-state index in [1.807, 2.05) is 0 Å². The smallest absolute Gasteiger partial charge is 0.231 e. The van der Waals surface area contributed by atoms with Gasteiger partial charge < -0.3 is 18.9 Å². The van der Waals surface area contributed by atoms with Crippen LogP contribution in [0, 0.1) is 6.92 Å². The Bertz CT molecular complexity index is 1260. The minimum Gasteiger partial charge on any atom is -0.497 e. The lowest BCUT2D eigenvalue weighted by molar-refractivity contribution is 0.0920. The fourth-order valence-corrected chi connectivity index (χ4v) is 3.73. The lowest BCUT2D eigenvalue weighted by atomic mass is 10.1. The van der Waals surface area contributed by atoms with Crippen molar-refractivity contribution in [2.75, 3.05) is 20.8 Å². The summed E-state index contributed by atoms with van der Waals surface area (Å²) in [6.07, 6.45) is 1.64. The molecule has 1 aliphatic heterocycles. The van der Waals surface area contributed by atoms with Gasteiger partial charge in [0.15, 0.2) is 18.1 Å². The summed E-state index contributed by atoms with van der Waals surface area (Å²) in [5.41, 5.74) is 2.33. The first kappa shape index (κ1) is 22.6. The molecular formula is C26H21BrO6. The summed E-state index contributed by atoms with van der Waals surface area (Å²) in [4.78, 5) is 25.3. The highest BCUT2D eigenvalue weighted by Crippen LogP contribution is 2.40. The third-order valence-electron chi connectivity index (χ3n) is 5.29. The summed E-state index contributed by atoms with van der Waals surface area (Å²) in [7, 11) is 3.12. The average Bonchev–Trinajstić information content (AvgIpc) is 3.15. The standard InChI is InChI=1S/C26H21BrO6/c1-15-22(32-14-21(28)16-4-7-18(27)8-5-16)11-10-20-25(29)24(33-26(15)20)12-17-6-9-19(30-2)13-23(17)31-3/h4-13H,14H2,1-3H3/b24-12-. The number of hydrogen-bond donors (Lipinski definition) is 0. The Morgan fingerprint density at radius 1 is 1.00 bits per heavy atom. The van der Waals surface area contributed by atoms with Gasteiger partial charge in [-0.25, -0.2) is 0 Å². The van der Waals surface area contributed by atoms with Crippen molar-refractivity contribution in [2.45, 2.75) is 6.92 Å². The molecule has 0 radical (unpaired) electrons. The van der Waals surface area contributed by atoms with Crippen LogP contribution in [0.5, 0.6) is 23.0 Å². The fourth-order valence-electron chi connectivity index (χ4n) is 3.47. The summed E-state index contributed by atoms with van der Waals surface area (Å²) in [6, 6.07) is 15.7. The number of hydrogen-bond acceptors (Lipinski definition) is 6. The quantitative estimate of drug-likeness (QED) is 0.303. The van der Waals surface area contributed by atoms with Gasteiger partial charge in [0.1, 0.15) is 23.0 Å². The molecule has 3 aromatic rings. The van der Waals surface area contributed by atoms with E-state index in [9.17, 15) is 9.59 Å². The topological polar surface area (TPSA) is 71.1 Å². The van der Waals surface area contributed by atoms with Gasteiger partial charge in [0.2, 0.25) is 5.78 Å². The maximum atomic E-state index is 12.9. The van der Waals surface area contributed by atoms with Crippen molar-refractivity contribution < 1.29 is 28.5 Å². The van der Waals surface area contributed by atoms with Crippen molar-refractivity contribution in [3.05, 3.63) is 87.1 Å². The molecule has 0 spiro atoms. The van der Waals surface area contributed by atoms with Crippen molar-refractivity contribution >= 4 is 33.6 Å². The van der Waals surface area contributed by atoms with Crippen molar-refractivity contribution in [1.29, 1.82) is 0 Å². The van der Waals surface area contributed by atoms with Crippen LogP contribution in [-0.4, -0.2) is 32.4 Å². The van der Waals surface area contributed by atoms with Gasteiger partial charge >= 0.3 is 0 Å². The van der Waals surface area contributed by atoms with Crippen LogP contribution >= 0.6 is 15.9 Å². The van der Waals surface area contributed by atoms with Gasteiger partial charge in [0.25, 0.3) is 0 Å². The first-order valence-electron chi connectivity index (χ1n) is 10.1. The molecule has 4 rings (SSSR count). The van der Waals surface area contributed by atoms with Crippen molar-refractivity contribution in [1.82, 2.24) is 0 Å². The molecule has 0 saturated heterocycles. The summed E-state index contributed by atoms with van der Waals surface area (Å²) >= 11 is 3.35. The summed E-state index contributed by atoms with van der Waals surface area (Å²) in [6.45, 7) is 1.67. The largest absolute Gasteiger partial charge is 0.497 e. The first-order valence-corrected chi connectivity index (χ1v) is 10.9. The second-order valence-corrected chi connectivity index (χ2v) is 8.25. The zero-order valence-electron chi connectivity index (χ0n) is 18.3. The van der Waals surface area contributed by atoms with Crippen LogP contribution in [0.1, 0.15) is 31.8 Å². The minimum atomic E-state index is -0.233. The van der Waals surface area contributed by atoms with Crippen LogP contribution in [0.25, 0.3) is 6.08 Å². The predicted molar refractivity (Wildman–Crippen MR) is 128 cm³/mol. The Kier molecular flexibility index (Phi) is 6.51. The molecule has 33 heavy (non-hydrogen) atoms. The molecule has 0 saturated carbocycles. The third-order valence-corrected chi connectivity index (χ3v) is 5.82. The van der Waals surface area contributed by atoms with Crippen molar-refractivity contribution in [2.24, 2.45) is 0 Å². The molecule has 0 amide bonds. The highest BCUT2D eigenvalue weighted by Gasteiger charge is 2.30. The molecule has 0 unspecified atom stereocenters. The number of fused-ring (bicyclic) bond motifs is 1. The van der Waals surface area contributed by atoms with E-state index in [-0.39, 0.29) is 23.9 Å². The molecule has 6 nitrogen and oxygen atoms in total. The van der Waals surface area contributed by atoms with Crippen LogP contribution in [0.4, 0.5) is 0 Å².